The van der Waals surface area contributed by atoms with Crippen molar-refractivity contribution < 1.29 is 0 Å². The zero-order valence-corrected chi connectivity index (χ0v) is 11.2. The second-order valence-corrected chi connectivity index (χ2v) is 5.10. The maximum atomic E-state index is 8.94. The molecule has 2 aromatic rings. The van der Waals surface area contributed by atoms with E-state index in [9.17, 15) is 0 Å². The predicted molar refractivity (Wildman–Crippen MR) is 75.4 cm³/mol. The minimum absolute atomic E-state index is 0.504. The van der Waals surface area contributed by atoms with Gasteiger partial charge in [-0.2, -0.15) is 17.0 Å². The van der Waals surface area contributed by atoms with Crippen molar-refractivity contribution in [1.29, 1.82) is 5.26 Å². The Hall–Kier alpha value is -1.50. The SMILES string of the molecule is N#Cc1ncccc1CSCc1ccccc1Cl. The molecule has 2 nitrogen and oxygen atoms in total. The minimum atomic E-state index is 0.504. The third kappa shape index (κ3) is 3.25. The summed E-state index contributed by atoms with van der Waals surface area (Å²) in [6, 6.07) is 13.7. The van der Waals surface area contributed by atoms with Gasteiger partial charge in [-0.15, -0.1) is 0 Å². The van der Waals surface area contributed by atoms with Crippen molar-refractivity contribution in [2.45, 2.75) is 11.5 Å². The Morgan fingerprint density at radius 2 is 1.83 bits per heavy atom. The lowest BCUT2D eigenvalue weighted by Crippen LogP contribution is -1.91. The molecule has 0 radical (unpaired) electrons. The number of nitrogens with zero attached hydrogens (tertiary/aromatic N) is 2. The van der Waals surface area contributed by atoms with Crippen LogP contribution in [0.4, 0.5) is 0 Å². The molecule has 0 amide bonds. The first-order valence-corrected chi connectivity index (χ1v) is 6.99. The van der Waals surface area contributed by atoms with Crippen LogP contribution >= 0.6 is 23.4 Å². The molecule has 4 heteroatoms. The predicted octanol–water partition coefficient (Wildman–Crippen LogP) is 4.04. The van der Waals surface area contributed by atoms with Gasteiger partial charge in [0, 0.05) is 22.7 Å². The Bertz CT molecular complexity index is 578. The molecule has 0 aliphatic heterocycles. The van der Waals surface area contributed by atoms with E-state index in [1.165, 1.54) is 0 Å². The number of pyridine rings is 1. The fourth-order valence-corrected chi connectivity index (χ4v) is 2.85. The van der Waals surface area contributed by atoms with Crippen LogP contribution in [0.3, 0.4) is 0 Å². The summed E-state index contributed by atoms with van der Waals surface area (Å²) in [5, 5.41) is 9.72. The second kappa shape index (κ2) is 6.44. The summed E-state index contributed by atoms with van der Waals surface area (Å²) in [5.74, 6) is 1.60. The van der Waals surface area contributed by atoms with E-state index in [-0.39, 0.29) is 0 Å². The van der Waals surface area contributed by atoms with E-state index in [1.807, 2.05) is 36.4 Å². The molecule has 90 valence electrons. The van der Waals surface area contributed by atoms with Gasteiger partial charge in [0.15, 0.2) is 0 Å². The Kier molecular flexibility index (Phi) is 4.63. The van der Waals surface area contributed by atoms with Gasteiger partial charge in [-0.25, -0.2) is 4.98 Å². The summed E-state index contributed by atoms with van der Waals surface area (Å²) in [7, 11) is 0. The molecule has 1 heterocycles. The lowest BCUT2D eigenvalue weighted by Gasteiger charge is -2.05. The average molecular weight is 275 g/mol. The van der Waals surface area contributed by atoms with Crippen LogP contribution in [0.15, 0.2) is 42.6 Å². The first kappa shape index (κ1) is 12.9. The van der Waals surface area contributed by atoms with Crippen LogP contribution in [0.2, 0.25) is 5.02 Å². The molecule has 0 unspecified atom stereocenters. The van der Waals surface area contributed by atoms with Crippen molar-refractivity contribution in [3.05, 3.63) is 64.4 Å². The molecule has 0 saturated carbocycles. The number of halogens is 1. The maximum Gasteiger partial charge on any atom is 0.144 e. The van der Waals surface area contributed by atoms with E-state index in [4.69, 9.17) is 16.9 Å². The number of nitriles is 1. The molecule has 0 saturated heterocycles. The number of rotatable bonds is 4. The normalized spacial score (nSPS) is 10.0. The molecule has 0 aliphatic carbocycles. The topological polar surface area (TPSA) is 36.7 Å². The highest BCUT2D eigenvalue weighted by Crippen LogP contribution is 2.23. The molecule has 0 aliphatic rings. The molecule has 2 rings (SSSR count). The molecule has 1 aromatic heterocycles. The monoisotopic (exact) mass is 274 g/mol. The summed E-state index contributed by atoms with van der Waals surface area (Å²) in [6.45, 7) is 0. The van der Waals surface area contributed by atoms with E-state index in [0.29, 0.717) is 5.69 Å². The van der Waals surface area contributed by atoms with Crippen molar-refractivity contribution in [3.63, 3.8) is 0 Å². The summed E-state index contributed by atoms with van der Waals surface area (Å²) < 4.78 is 0. The molecular weight excluding hydrogens is 264 g/mol. The maximum absolute atomic E-state index is 8.94. The van der Waals surface area contributed by atoms with Gasteiger partial charge in [0.1, 0.15) is 11.8 Å². The van der Waals surface area contributed by atoms with Crippen LogP contribution in [0.25, 0.3) is 0 Å². The van der Waals surface area contributed by atoms with Crippen molar-refractivity contribution in [2.75, 3.05) is 0 Å². The summed E-state index contributed by atoms with van der Waals surface area (Å²) in [5.41, 5.74) is 2.59. The first-order valence-electron chi connectivity index (χ1n) is 5.46. The Labute approximate surface area is 116 Å². The third-order valence-electron chi connectivity index (χ3n) is 2.47. The van der Waals surface area contributed by atoms with Gasteiger partial charge >= 0.3 is 0 Å². The zero-order valence-electron chi connectivity index (χ0n) is 9.64. The van der Waals surface area contributed by atoms with Crippen LogP contribution in [-0.4, -0.2) is 4.98 Å². The van der Waals surface area contributed by atoms with Gasteiger partial charge in [0.2, 0.25) is 0 Å². The smallest absolute Gasteiger partial charge is 0.144 e. The number of hydrogen-bond donors (Lipinski definition) is 0. The highest BCUT2D eigenvalue weighted by molar-refractivity contribution is 7.97. The van der Waals surface area contributed by atoms with E-state index in [0.717, 1.165) is 27.7 Å². The Morgan fingerprint density at radius 3 is 2.61 bits per heavy atom. The van der Waals surface area contributed by atoms with Crippen LogP contribution < -0.4 is 0 Å². The lowest BCUT2D eigenvalue weighted by atomic mass is 10.2. The molecule has 0 atom stereocenters. The quantitative estimate of drug-likeness (QED) is 0.844. The van der Waals surface area contributed by atoms with Crippen LogP contribution in [0.5, 0.6) is 0 Å². The molecule has 0 spiro atoms. The van der Waals surface area contributed by atoms with E-state index >= 15 is 0 Å². The summed E-state index contributed by atoms with van der Waals surface area (Å²) in [4.78, 5) is 4.04. The van der Waals surface area contributed by atoms with E-state index in [2.05, 4.69) is 11.1 Å². The molecule has 1 aromatic carbocycles. The fourth-order valence-electron chi connectivity index (χ4n) is 1.54. The van der Waals surface area contributed by atoms with E-state index < -0.39 is 0 Å². The molecule has 0 bridgehead atoms. The standard InChI is InChI=1S/C14H11ClN2S/c15-13-6-2-1-4-11(13)9-18-10-12-5-3-7-17-14(12)8-16/h1-7H,9-10H2. The lowest BCUT2D eigenvalue weighted by molar-refractivity contribution is 1.19. The first-order chi connectivity index (χ1) is 8.81. The summed E-state index contributed by atoms with van der Waals surface area (Å²) in [6.07, 6.45) is 1.64. The van der Waals surface area contributed by atoms with Crippen LogP contribution in [0.1, 0.15) is 16.8 Å². The fraction of sp³-hybridized carbons (Fsp3) is 0.143. The van der Waals surface area contributed by atoms with Crippen molar-refractivity contribution >= 4 is 23.4 Å². The third-order valence-corrected chi connectivity index (χ3v) is 3.87. The molecule has 0 N–H and O–H groups in total. The molecule has 0 fully saturated rings. The van der Waals surface area contributed by atoms with Gasteiger partial charge < -0.3 is 0 Å². The largest absolute Gasteiger partial charge is 0.245 e. The minimum Gasteiger partial charge on any atom is -0.245 e. The van der Waals surface area contributed by atoms with E-state index in [1.54, 1.807) is 18.0 Å². The molecular formula is C14H11ClN2S. The summed E-state index contributed by atoms with van der Waals surface area (Å²) >= 11 is 7.81. The highest BCUT2D eigenvalue weighted by Gasteiger charge is 2.04. The van der Waals surface area contributed by atoms with Crippen molar-refractivity contribution in [1.82, 2.24) is 4.98 Å². The van der Waals surface area contributed by atoms with Gasteiger partial charge in [-0.1, -0.05) is 35.9 Å². The Morgan fingerprint density at radius 1 is 1.11 bits per heavy atom. The number of aromatic nitrogens is 1. The van der Waals surface area contributed by atoms with Gasteiger partial charge in [-0.05, 0) is 23.3 Å². The van der Waals surface area contributed by atoms with Crippen molar-refractivity contribution in [2.24, 2.45) is 0 Å². The van der Waals surface area contributed by atoms with Crippen LogP contribution in [-0.2, 0) is 11.5 Å². The van der Waals surface area contributed by atoms with Gasteiger partial charge in [0.05, 0.1) is 0 Å². The number of thioether (sulfide) groups is 1. The Balaban J connectivity index is 1.97. The second-order valence-electron chi connectivity index (χ2n) is 3.71. The number of hydrogen-bond acceptors (Lipinski definition) is 3. The van der Waals surface area contributed by atoms with Crippen LogP contribution in [0, 0.1) is 11.3 Å². The molecule has 18 heavy (non-hydrogen) atoms. The highest BCUT2D eigenvalue weighted by atomic mass is 35.5. The van der Waals surface area contributed by atoms with Gasteiger partial charge in [-0.3, -0.25) is 0 Å². The van der Waals surface area contributed by atoms with Crippen molar-refractivity contribution in [3.8, 4) is 6.07 Å². The zero-order chi connectivity index (χ0) is 12.8. The van der Waals surface area contributed by atoms with Gasteiger partial charge in [0.25, 0.3) is 0 Å². The average Bonchev–Trinajstić information content (AvgIpc) is 2.41. The number of benzene rings is 1.